The van der Waals surface area contributed by atoms with Gasteiger partial charge < -0.3 is 0 Å². The minimum absolute atomic E-state index is 0.536. The van der Waals surface area contributed by atoms with Gasteiger partial charge in [-0.15, -0.1) is 11.3 Å². The number of pyridine rings is 1. The monoisotopic (exact) mass is 217 g/mol. The smallest absolute Gasteiger partial charge is 0.160 e. The number of carbonyl (C=O) groups is 2. The molecule has 2 heterocycles. The van der Waals surface area contributed by atoms with Crippen molar-refractivity contribution in [2.45, 2.75) is 0 Å². The van der Waals surface area contributed by atoms with Crippen LogP contribution in [0.4, 0.5) is 0 Å². The Morgan fingerprint density at radius 3 is 2.67 bits per heavy atom. The zero-order valence-electron chi connectivity index (χ0n) is 7.71. The van der Waals surface area contributed by atoms with Crippen LogP contribution in [0.3, 0.4) is 0 Å². The maximum atomic E-state index is 10.6. The van der Waals surface area contributed by atoms with Crippen LogP contribution in [0, 0.1) is 0 Å². The van der Waals surface area contributed by atoms with Gasteiger partial charge in [0.2, 0.25) is 0 Å². The van der Waals surface area contributed by atoms with Gasteiger partial charge in [-0.3, -0.25) is 14.6 Å². The first kappa shape index (κ1) is 9.73. The van der Waals surface area contributed by atoms with E-state index in [1.54, 1.807) is 18.3 Å². The van der Waals surface area contributed by atoms with E-state index < -0.39 is 0 Å². The van der Waals surface area contributed by atoms with Crippen LogP contribution >= 0.6 is 11.3 Å². The van der Waals surface area contributed by atoms with Crippen molar-refractivity contribution in [1.29, 1.82) is 0 Å². The van der Waals surface area contributed by atoms with E-state index in [4.69, 9.17) is 0 Å². The molecular weight excluding hydrogens is 210 g/mol. The van der Waals surface area contributed by atoms with Gasteiger partial charge in [-0.1, -0.05) is 0 Å². The Bertz CT molecular complexity index is 505. The van der Waals surface area contributed by atoms with E-state index in [-0.39, 0.29) is 0 Å². The van der Waals surface area contributed by atoms with Crippen LogP contribution in [-0.4, -0.2) is 17.6 Å². The summed E-state index contributed by atoms with van der Waals surface area (Å²) in [6.45, 7) is 0. The Morgan fingerprint density at radius 2 is 2.00 bits per heavy atom. The molecule has 0 saturated heterocycles. The van der Waals surface area contributed by atoms with Crippen molar-refractivity contribution in [2.75, 3.05) is 0 Å². The molecule has 0 unspecified atom stereocenters. The van der Waals surface area contributed by atoms with Crippen molar-refractivity contribution >= 4 is 23.9 Å². The summed E-state index contributed by atoms with van der Waals surface area (Å²) in [5, 5.41) is 0. The first-order valence-electron chi connectivity index (χ1n) is 4.29. The Kier molecular flexibility index (Phi) is 2.69. The lowest BCUT2D eigenvalue weighted by atomic mass is 10.2. The largest absolute Gasteiger partial charge is 0.298 e. The Hall–Kier alpha value is -1.81. The molecule has 0 N–H and O–H groups in total. The predicted octanol–water partition coefficient (Wildman–Crippen LogP) is 2.44. The topological polar surface area (TPSA) is 47.0 Å². The van der Waals surface area contributed by atoms with Gasteiger partial charge in [0.05, 0.1) is 4.88 Å². The summed E-state index contributed by atoms with van der Waals surface area (Å²) < 4.78 is 0. The number of nitrogens with zero attached hydrogens (tertiary/aromatic N) is 1. The van der Waals surface area contributed by atoms with Crippen molar-refractivity contribution < 1.29 is 9.59 Å². The second-order valence-corrected chi connectivity index (χ2v) is 4.06. The fourth-order valence-corrected chi connectivity index (χ4v) is 2.03. The summed E-state index contributed by atoms with van der Waals surface area (Å²) in [5.74, 6) is 0. The van der Waals surface area contributed by atoms with Gasteiger partial charge in [-0.05, 0) is 18.2 Å². The minimum atomic E-state index is 0.536. The number of carbonyl (C=O) groups excluding carboxylic acids is 2. The highest BCUT2D eigenvalue weighted by molar-refractivity contribution is 7.17. The first-order chi connectivity index (χ1) is 7.33. The molecule has 15 heavy (non-hydrogen) atoms. The summed E-state index contributed by atoms with van der Waals surface area (Å²) in [6, 6.07) is 5.35. The van der Waals surface area contributed by atoms with E-state index in [1.165, 1.54) is 17.5 Å². The molecule has 0 radical (unpaired) electrons. The second-order valence-electron chi connectivity index (χ2n) is 2.94. The quantitative estimate of drug-likeness (QED) is 0.742. The third-order valence-corrected chi connectivity index (χ3v) is 2.98. The number of aromatic nitrogens is 1. The van der Waals surface area contributed by atoms with E-state index in [0.717, 1.165) is 23.0 Å². The molecule has 3 nitrogen and oxygen atoms in total. The van der Waals surface area contributed by atoms with Crippen molar-refractivity contribution in [2.24, 2.45) is 0 Å². The Balaban J connectivity index is 2.43. The lowest BCUT2D eigenvalue weighted by Crippen LogP contribution is -1.83. The molecule has 0 spiro atoms. The molecule has 2 rings (SSSR count). The normalized spacial score (nSPS) is 9.87. The predicted molar refractivity (Wildman–Crippen MR) is 58.3 cm³/mol. The number of rotatable bonds is 3. The molecule has 0 aliphatic rings. The highest BCUT2D eigenvalue weighted by atomic mass is 32.1. The van der Waals surface area contributed by atoms with Crippen LogP contribution in [-0.2, 0) is 0 Å². The average Bonchev–Trinajstić information content (AvgIpc) is 2.78. The van der Waals surface area contributed by atoms with E-state index in [1.807, 2.05) is 6.07 Å². The summed E-state index contributed by atoms with van der Waals surface area (Å²) >= 11 is 1.38. The summed E-state index contributed by atoms with van der Waals surface area (Å²) in [5.41, 5.74) is 1.39. The third-order valence-electron chi connectivity index (χ3n) is 1.92. The van der Waals surface area contributed by atoms with Gasteiger partial charge in [0.1, 0.15) is 0 Å². The average molecular weight is 217 g/mol. The number of thiophene rings is 1. The van der Waals surface area contributed by atoms with Crippen LogP contribution in [0.1, 0.15) is 20.0 Å². The van der Waals surface area contributed by atoms with E-state index in [2.05, 4.69) is 4.98 Å². The SMILES string of the molecule is O=Cc1cncc(-c2ccc(C=O)s2)c1. The van der Waals surface area contributed by atoms with Crippen LogP contribution in [0.15, 0.2) is 30.6 Å². The van der Waals surface area contributed by atoms with E-state index in [9.17, 15) is 9.59 Å². The lowest BCUT2D eigenvalue weighted by Gasteiger charge is -1.96. The summed E-state index contributed by atoms with van der Waals surface area (Å²) in [6.07, 6.45) is 4.74. The first-order valence-corrected chi connectivity index (χ1v) is 5.11. The molecule has 0 atom stereocenters. The Morgan fingerprint density at radius 1 is 1.13 bits per heavy atom. The fourth-order valence-electron chi connectivity index (χ4n) is 1.23. The van der Waals surface area contributed by atoms with E-state index in [0.29, 0.717) is 10.4 Å². The second kappa shape index (κ2) is 4.14. The van der Waals surface area contributed by atoms with Crippen molar-refractivity contribution in [1.82, 2.24) is 4.98 Å². The summed E-state index contributed by atoms with van der Waals surface area (Å²) in [7, 11) is 0. The minimum Gasteiger partial charge on any atom is -0.298 e. The van der Waals surface area contributed by atoms with Crippen LogP contribution < -0.4 is 0 Å². The van der Waals surface area contributed by atoms with Crippen molar-refractivity contribution in [3.05, 3.63) is 41.0 Å². The molecule has 2 aromatic heterocycles. The fraction of sp³-hybridized carbons (Fsp3) is 0. The highest BCUT2D eigenvalue weighted by Gasteiger charge is 2.03. The molecule has 0 fully saturated rings. The van der Waals surface area contributed by atoms with Gasteiger partial charge in [-0.2, -0.15) is 0 Å². The molecule has 0 saturated carbocycles. The number of hydrogen-bond acceptors (Lipinski definition) is 4. The van der Waals surface area contributed by atoms with Crippen LogP contribution in [0.5, 0.6) is 0 Å². The summed E-state index contributed by atoms with van der Waals surface area (Å²) in [4.78, 5) is 26.6. The van der Waals surface area contributed by atoms with Gasteiger partial charge in [0.25, 0.3) is 0 Å². The molecule has 0 bridgehead atoms. The van der Waals surface area contributed by atoms with Gasteiger partial charge >= 0.3 is 0 Å². The molecule has 0 aliphatic heterocycles. The zero-order chi connectivity index (χ0) is 10.7. The Labute approximate surface area is 90.4 Å². The zero-order valence-corrected chi connectivity index (χ0v) is 8.53. The van der Waals surface area contributed by atoms with Gasteiger partial charge in [-0.25, -0.2) is 0 Å². The molecule has 0 aromatic carbocycles. The van der Waals surface area contributed by atoms with Gasteiger partial charge in [0.15, 0.2) is 12.6 Å². The molecular formula is C11H7NO2S. The molecule has 2 aromatic rings. The number of aldehydes is 2. The third kappa shape index (κ3) is 1.99. The van der Waals surface area contributed by atoms with Crippen molar-refractivity contribution in [3.8, 4) is 10.4 Å². The maximum Gasteiger partial charge on any atom is 0.160 e. The van der Waals surface area contributed by atoms with Crippen molar-refractivity contribution in [3.63, 3.8) is 0 Å². The van der Waals surface area contributed by atoms with Gasteiger partial charge in [0, 0.05) is 28.4 Å². The molecule has 0 amide bonds. The lowest BCUT2D eigenvalue weighted by molar-refractivity contribution is 0.111. The van der Waals surface area contributed by atoms with Crippen LogP contribution in [0.25, 0.3) is 10.4 Å². The molecule has 0 aliphatic carbocycles. The molecule has 74 valence electrons. The number of hydrogen-bond donors (Lipinski definition) is 0. The molecule has 4 heteroatoms. The van der Waals surface area contributed by atoms with Crippen LogP contribution in [0.2, 0.25) is 0 Å². The maximum absolute atomic E-state index is 10.6. The van der Waals surface area contributed by atoms with E-state index >= 15 is 0 Å². The highest BCUT2D eigenvalue weighted by Crippen LogP contribution is 2.26. The standard InChI is InChI=1S/C11H7NO2S/c13-6-8-3-9(5-12-4-8)11-2-1-10(7-14)15-11/h1-7H.